The van der Waals surface area contributed by atoms with Gasteiger partial charge < -0.3 is 10.6 Å². The lowest BCUT2D eigenvalue weighted by molar-refractivity contribution is 0.276. The largest absolute Gasteiger partial charge is 0.326 e. The van der Waals surface area contributed by atoms with Gasteiger partial charge in [0.15, 0.2) is 0 Å². The van der Waals surface area contributed by atoms with Crippen LogP contribution in [0.4, 0.5) is 0 Å². The molecule has 1 heterocycles. The molecule has 0 fully saturated rings. The average molecular weight is 235 g/mol. The molecule has 1 aromatic heterocycles. The van der Waals surface area contributed by atoms with Gasteiger partial charge in [-0.25, -0.2) is 0 Å². The standard InChI is InChI=1S/C14H25N3/c1-4-12(2)14(15)11-17(3)10-7-13-5-8-16-9-6-13/h5-6,8-9,12,14H,4,7,10-11,15H2,1-3H3/t12-,14+/m0/s1. The molecule has 3 nitrogen and oxygen atoms in total. The average Bonchev–Trinajstić information content (AvgIpc) is 2.36. The van der Waals surface area contributed by atoms with E-state index in [9.17, 15) is 0 Å². The Hall–Kier alpha value is -0.930. The van der Waals surface area contributed by atoms with Crippen molar-refractivity contribution in [3.05, 3.63) is 30.1 Å². The van der Waals surface area contributed by atoms with Crippen LogP contribution >= 0.6 is 0 Å². The number of hydrogen-bond acceptors (Lipinski definition) is 3. The predicted molar refractivity (Wildman–Crippen MR) is 72.9 cm³/mol. The molecular weight excluding hydrogens is 210 g/mol. The van der Waals surface area contributed by atoms with Crippen LogP contribution in [0.2, 0.25) is 0 Å². The predicted octanol–water partition coefficient (Wildman–Crippen LogP) is 1.93. The molecule has 2 N–H and O–H groups in total. The number of likely N-dealkylation sites (N-methyl/N-ethyl adjacent to an activating group) is 1. The SMILES string of the molecule is CC[C@H](C)[C@H](N)CN(C)CCc1ccncc1. The van der Waals surface area contributed by atoms with Gasteiger partial charge in [-0.2, -0.15) is 0 Å². The third-order valence-electron chi connectivity index (χ3n) is 3.43. The first-order chi connectivity index (χ1) is 8.13. The number of rotatable bonds is 7. The zero-order valence-electron chi connectivity index (χ0n) is 11.3. The highest BCUT2D eigenvalue weighted by atomic mass is 15.1. The molecule has 96 valence electrons. The number of pyridine rings is 1. The Morgan fingerprint density at radius 3 is 2.59 bits per heavy atom. The van der Waals surface area contributed by atoms with Gasteiger partial charge in [0.05, 0.1) is 0 Å². The summed E-state index contributed by atoms with van der Waals surface area (Å²) in [6.45, 7) is 6.44. The Morgan fingerprint density at radius 2 is 2.00 bits per heavy atom. The molecular formula is C14H25N3. The zero-order valence-corrected chi connectivity index (χ0v) is 11.3. The van der Waals surface area contributed by atoms with Crippen LogP contribution in [0.15, 0.2) is 24.5 Å². The van der Waals surface area contributed by atoms with Crippen LogP contribution in [0.5, 0.6) is 0 Å². The van der Waals surface area contributed by atoms with Gasteiger partial charge in [0, 0.05) is 31.5 Å². The molecule has 0 amide bonds. The first-order valence-electron chi connectivity index (χ1n) is 6.46. The van der Waals surface area contributed by atoms with Crippen molar-refractivity contribution < 1.29 is 0 Å². The van der Waals surface area contributed by atoms with Crippen molar-refractivity contribution in [1.82, 2.24) is 9.88 Å². The fourth-order valence-electron chi connectivity index (χ4n) is 1.80. The van der Waals surface area contributed by atoms with E-state index in [0.717, 1.165) is 25.9 Å². The Kier molecular flexibility index (Phi) is 6.16. The van der Waals surface area contributed by atoms with Gasteiger partial charge in [-0.15, -0.1) is 0 Å². The van der Waals surface area contributed by atoms with E-state index in [2.05, 4.69) is 42.9 Å². The van der Waals surface area contributed by atoms with Crippen molar-refractivity contribution in [2.75, 3.05) is 20.1 Å². The van der Waals surface area contributed by atoms with Crippen LogP contribution in [-0.4, -0.2) is 36.1 Å². The molecule has 0 spiro atoms. The van der Waals surface area contributed by atoms with E-state index < -0.39 is 0 Å². The summed E-state index contributed by atoms with van der Waals surface area (Å²) >= 11 is 0. The second kappa shape index (κ2) is 7.41. The first-order valence-corrected chi connectivity index (χ1v) is 6.46. The fourth-order valence-corrected chi connectivity index (χ4v) is 1.80. The van der Waals surface area contributed by atoms with Gasteiger partial charge in [-0.3, -0.25) is 4.98 Å². The molecule has 0 radical (unpaired) electrons. The second-order valence-corrected chi connectivity index (χ2v) is 4.92. The maximum atomic E-state index is 6.15. The molecule has 17 heavy (non-hydrogen) atoms. The molecule has 2 atom stereocenters. The first kappa shape index (κ1) is 14.1. The van der Waals surface area contributed by atoms with Crippen LogP contribution in [0.25, 0.3) is 0 Å². The summed E-state index contributed by atoms with van der Waals surface area (Å²) in [6.07, 6.45) is 5.91. The smallest absolute Gasteiger partial charge is 0.0270 e. The van der Waals surface area contributed by atoms with Gasteiger partial charge in [-0.1, -0.05) is 20.3 Å². The van der Waals surface area contributed by atoms with Gasteiger partial charge in [0.25, 0.3) is 0 Å². The van der Waals surface area contributed by atoms with E-state index in [1.807, 2.05) is 12.4 Å². The van der Waals surface area contributed by atoms with E-state index in [1.165, 1.54) is 5.56 Å². The fraction of sp³-hybridized carbons (Fsp3) is 0.643. The Labute approximate surface area is 105 Å². The molecule has 0 aromatic carbocycles. The van der Waals surface area contributed by atoms with Crippen molar-refractivity contribution in [2.24, 2.45) is 11.7 Å². The van der Waals surface area contributed by atoms with Crippen LogP contribution in [-0.2, 0) is 6.42 Å². The summed E-state index contributed by atoms with van der Waals surface area (Å²) in [7, 11) is 2.14. The Morgan fingerprint density at radius 1 is 1.35 bits per heavy atom. The molecule has 0 aliphatic heterocycles. The van der Waals surface area contributed by atoms with Gasteiger partial charge in [-0.05, 0) is 37.1 Å². The minimum Gasteiger partial charge on any atom is -0.326 e. The summed E-state index contributed by atoms with van der Waals surface area (Å²) < 4.78 is 0. The number of nitrogens with zero attached hydrogens (tertiary/aromatic N) is 2. The lowest BCUT2D eigenvalue weighted by Gasteiger charge is -2.25. The highest BCUT2D eigenvalue weighted by Crippen LogP contribution is 2.07. The maximum Gasteiger partial charge on any atom is 0.0270 e. The lowest BCUT2D eigenvalue weighted by Crippen LogP contribution is -2.40. The third-order valence-corrected chi connectivity index (χ3v) is 3.43. The molecule has 0 aliphatic rings. The van der Waals surface area contributed by atoms with Crippen LogP contribution < -0.4 is 5.73 Å². The zero-order chi connectivity index (χ0) is 12.7. The van der Waals surface area contributed by atoms with Crippen LogP contribution in [0.1, 0.15) is 25.8 Å². The minimum atomic E-state index is 0.280. The highest BCUT2D eigenvalue weighted by Gasteiger charge is 2.12. The monoisotopic (exact) mass is 235 g/mol. The molecule has 1 rings (SSSR count). The summed E-state index contributed by atoms with van der Waals surface area (Å²) in [6, 6.07) is 4.42. The number of hydrogen-bond donors (Lipinski definition) is 1. The van der Waals surface area contributed by atoms with Crippen molar-refractivity contribution >= 4 is 0 Å². The van der Waals surface area contributed by atoms with Crippen molar-refractivity contribution in [3.8, 4) is 0 Å². The minimum absolute atomic E-state index is 0.280. The highest BCUT2D eigenvalue weighted by molar-refractivity contribution is 5.09. The van der Waals surface area contributed by atoms with E-state index >= 15 is 0 Å². The molecule has 0 saturated heterocycles. The quantitative estimate of drug-likeness (QED) is 0.785. The normalized spacial score (nSPS) is 14.9. The summed E-state index contributed by atoms with van der Waals surface area (Å²) in [5.41, 5.74) is 7.48. The van der Waals surface area contributed by atoms with E-state index in [1.54, 1.807) is 0 Å². The number of aromatic nitrogens is 1. The lowest BCUT2D eigenvalue weighted by atomic mass is 10.00. The van der Waals surface area contributed by atoms with E-state index in [-0.39, 0.29) is 6.04 Å². The van der Waals surface area contributed by atoms with Crippen LogP contribution in [0, 0.1) is 5.92 Å². The van der Waals surface area contributed by atoms with Gasteiger partial charge >= 0.3 is 0 Å². The Balaban J connectivity index is 2.28. The second-order valence-electron chi connectivity index (χ2n) is 4.92. The maximum absolute atomic E-state index is 6.15. The topological polar surface area (TPSA) is 42.1 Å². The van der Waals surface area contributed by atoms with Crippen molar-refractivity contribution in [2.45, 2.75) is 32.7 Å². The molecule has 3 heteroatoms. The molecule has 0 bridgehead atoms. The van der Waals surface area contributed by atoms with Crippen molar-refractivity contribution in [1.29, 1.82) is 0 Å². The van der Waals surface area contributed by atoms with Crippen molar-refractivity contribution in [3.63, 3.8) is 0 Å². The molecule has 0 saturated carbocycles. The number of nitrogens with two attached hydrogens (primary N) is 1. The summed E-state index contributed by atoms with van der Waals surface area (Å²) in [4.78, 5) is 6.34. The Bertz CT molecular complexity index is 300. The summed E-state index contributed by atoms with van der Waals surface area (Å²) in [5.74, 6) is 0.596. The van der Waals surface area contributed by atoms with Gasteiger partial charge in [0.1, 0.15) is 0 Å². The van der Waals surface area contributed by atoms with E-state index in [0.29, 0.717) is 5.92 Å². The molecule has 0 unspecified atom stereocenters. The van der Waals surface area contributed by atoms with Crippen LogP contribution in [0.3, 0.4) is 0 Å². The summed E-state index contributed by atoms with van der Waals surface area (Å²) in [5, 5.41) is 0. The molecule has 1 aromatic rings. The van der Waals surface area contributed by atoms with Gasteiger partial charge in [0.2, 0.25) is 0 Å². The third kappa shape index (κ3) is 5.29. The molecule has 0 aliphatic carbocycles. The van der Waals surface area contributed by atoms with E-state index in [4.69, 9.17) is 5.73 Å².